The summed E-state index contributed by atoms with van der Waals surface area (Å²) < 4.78 is 39.0. The summed E-state index contributed by atoms with van der Waals surface area (Å²) in [4.78, 5) is 2.30. The molecule has 5 heteroatoms. The van der Waals surface area contributed by atoms with Gasteiger partial charge in [0.05, 0.1) is 5.56 Å². The van der Waals surface area contributed by atoms with Gasteiger partial charge in [0.1, 0.15) is 0 Å². The van der Waals surface area contributed by atoms with Gasteiger partial charge >= 0.3 is 6.18 Å². The lowest BCUT2D eigenvalue weighted by atomic mass is 9.91. The summed E-state index contributed by atoms with van der Waals surface area (Å²) >= 11 is 0. The molecule has 2 nitrogen and oxygen atoms in total. The Morgan fingerprint density at radius 3 is 2.45 bits per heavy atom. The molecule has 158 valence electrons. The molecule has 0 spiro atoms. The van der Waals surface area contributed by atoms with Crippen LogP contribution in [0.5, 0.6) is 0 Å². The van der Waals surface area contributed by atoms with Crippen LogP contribution in [-0.4, -0.2) is 36.2 Å². The average Bonchev–Trinajstić information content (AvgIpc) is 3.10. The zero-order valence-corrected chi connectivity index (χ0v) is 16.9. The van der Waals surface area contributed by atoms with Crippen LogP contribution in [0.25, 0.3) is 0 Å². The lowest BCUT2D eigenvalue weighted by molar-refractivity contribution is -0.137. The lowest BCUT2D eigenvalue weighted by Gasteiger charge is -2.22. The van der Waals surface area contributed by atoms with Crippen LogP contribution in [0.4, 0.5) is 13.2 Å². The smallest absolute Gasteiger partial charge is 0.396 e. The molecule has 1 fully saturated rings. The highest BCUT2D eigenvalue weighted by atomic mass is 19.4. The third-order valence-corrected chi connectivity index (χ3v) is 6.08. The van der Waals surface area contributed by atoms with Crippen LogP contribution < -0.4 is 0 Å². The molecule has 3 rings (SSSR count). The van der Waals surface area contributed by atoms with Gasteiger partial charge in [-0.2, -0.15) is 13.2 Å². The number of nitrogens with zero attached hydrogens (tertiary/aromatic N) is 1. The predicted molar refractivity (Wildman–Crippen MR) is 110 cm³/mol. The molecule has 2 aromatic rings. The average molecular weight is 406 g/mol. The first-order valence-electron chi connectivity index (χ1n) is 10.4. The maximum absolute atomic E-state index is 13.0. The molecule has 0 amide bonds. The third kappa shape index (κ3) is 6.06. The van der Waals surface area contributed by atoms with Gasteiger partial charge in [0.15, 0.2) is 0 Å². The monoisotopic (exact) mass is 405 g/mol. The van der Waals surface area contributed by atoms with Crippen LogP contribution >= 0.6 is 0 Å². The lowest BCUT2D eigenvalue weighted by Crippen LogP contribution is -2.26. The van der Waals surface area contributed by atoms with E-state index in [1.807, 2.05) is 13.0 Å². The van der Waals surface area contributed by atoms with Gasteiger partial charge in [-0.3, -0.25) is 0 Å². The number of aliphatic hydroxyl groups excluding tert-OH is 1. The van der Waals surface area contributed by atoms with Gasteiger partial charge in [-0.25, -0.2) is 0 Å². The van der Waals surface area contributed by atoms with Crippen LogP contribution in [-0.2, 0) is 12.6 Å². The molecule has 1 aliphatic heterocycles. The van der Waals surface area contributed by atoms with Crippen molar-refractivity contribution < 1.29 is 18.3 Å². The molecular weight excluding hydrogens is 375 g/mol. The highest BCUT2D eigenvalue weighted by Gasteiger charge is 2.33. The van der Waals surface area contributed by atoms with Gasteiger partial charge < -0.3 is 10.0 Å². The second-order valence-electron chi connectivity index (χ2n) is 8.32. The van der Waals surface area contributed by atoms with Crippen molar-refractivity contribution >= 4 is 0 Å². The Morgan fingerprint density at radius 2 is 1.76 bits per heavy atom. The molecule has 0 aromatic heterocycles. The molecule has 1 heterocycles. The van der Waals surface area contributed by atoms with Gasteiger partial charge in [-0.05, 0) is 54.2 Å². The SMILES string of the molecule is CC(CN1C[C@@H](CCCc2ccccc2)[C@@H](CO)C1)c1cccc(C(F)(F)F)c1. The Hall–Kier alpha value is -1.85. The van der Waals surface area contributed by atoms with E-state index in [2.05, 4.69) is 29.2 Å². The third-order valence-electron chi connectivity index (χ3n) is 6.08. The van der Waals surface area contributed by atoms with Gasteiger partial charge in [-0.1, -0.05) is 55.5 Å². The van der Waals surface area contributed by atoms with E-state index in [0.29, 0.717) is 18.0 Å². The van der Waals surface area contributed by atoms with E-state index < -0.39 is 11.7 Å². The second kappa shape index (κ2) is 9.77. The van der Waals surface area contributed by atoms with Crippen molar-refractivity contribution in [2.45, 2.75) is 38.3 Å². The van der Waals surface area contributed by atoms with Gasteiger partial charge in [0, 0.05) is 26.2 Å². The van der Waals surface area contributed by atoms with Crippen molar-refractivity contribution in [1.29, 1.82) is 0 Å². The summed E-state index contributed by atoms with van der Waals surface area (Å²) in [5.74, 6) is 0.705. The fourth-order valence-electron chi connectivity index (χ4n) is 4.45. The second-order valence-corrected chi connectivity index (χ2v) is 8.32. The molecule has 0 radical (unpaired) electrons. The Balaban J connectivity index is 1.54. The van der Waals surface area contributed by atoms with Gasteiger partial charge in [0.2, 0.25) is 0 Å². The number of likely N-dealkylation sites (tertiary alicyclic amines) is 1. The zero-order valence-electron chi connectivity index (χ0n) is 16.9. The van der Waals surface area contributed by atoms with E-state index in [1.54, 1.807) is 6.07 Å². The van der Waals surface area contributed by atoms with Crippen molar-refractivity contribution in [2.24, 2.45) is 11.8 Å². The maximum Gasteiger partial charge on any atom is 0.416 e. The minimum atomic E-state index is -4.31. The van der Waals surface area contributed by atoms with Crippen molar-refractivity contribution in [3.63, 3.8) is 0 Å². The predicted octanol–water partition coefficient (Wildman–Crippen LogP) is 5.37. The first-order valence-corrected chi connectivity index (χ1v) is 10.4. The molecular formula is C24H30F3NO. The maximum atomic E-state index is 13.0. The number of hydrogen-bond donors (Lipinski definition) is 1. The summed E-state index contributed by atoms with van der Waals surface area (Å²) in [5, 5.41) is 9.80. The summed E-state index contributed by atoms with van der Waals surface area (Å²) in [6.07, 6.45) is -1.12. The first kappa shape index (κ1) is 21.8. The number of halogens is 3. The Morgan fingerprint density at radius 1 is 1.03 bits per heavy atom. The van der Waals surface area contributed by atoms with E-state index in [1.165, 1.54) is 17.7 Å². The van der Waals surface area contributed by atoms with Crippen LogP contribution in [0.15, 0.2) is 54.6 Å². The number of alkyl halides is 3. The van der Waals surface area contributed by atoms with E-state index in [0.717, 1.165) is 38.4 Å². The van der Waals surface area contributed by atoms with Crippen molar-refractivity contribution in [2.75, 3.05) is 26.2 Å². The fraction of sp³-hybridized carbons (Fsp3) is 0.500. The fourth-order valence-corrected chi connectivity index (χ4v) is 4.45. The molecule has 3 atom stereocenters. The van der Waals surface area contributed by atoms with Crippen LogP contribution in [0.2, 0.25) is 0 Å². The number of benzene rings is 2. The van der Waals surface area contributed by atoms with Gasteiger partial charge in [0.25, 0.3) is 0 Å². The summed E-state index contributed by atoms with van der Waals surface area (Å²) in [7, 11) is 0. The van der Waals surface area contributed by atoms with E-state index in [9.17, 15) is 18.3 Å². The Kier molecular flexibility index (Phi) is 7.36. The number of aryl methyl sites for hydroxylation is 1. The summed E-state index contributed by atoms with van der Waals surface area (Å²) in [5.41, 5.74) is 1.46. The van der Waals surface area contributed by atoms with Crippen LogP contribution in [0.3, 0.4) is 0 Å². The molecule has 0 bridgehead atoms. The summed E-state index contributed by atoms with van der Waals surface area (Å²) in [6.45, 7) is 4.59. The molecule has 0 aliphatic carbocycles. The molecule has 1 unspecified atom stereocenters. The number of aliphatic hydroxyl groups is 1. The topological polar surface area (TPSA) is 23.5 Å². The van der Waals surface area contributed by atoms with E-state index in [-0.39, 0.29) is 18.4 Å². The summed E-state index contributed by atoms with van der Waals surface area (Å²) in [6, 6.07) is 16.1. The zero-order chi connectivity index (χ0) is 20.9. The molecule has 1 aliphatic rings. The van der Waals surface area contributed by atoms with E-state index in [4.69, 9.17) is 0 Å². The molecule has 1 saturated heterocycles. The molecule has 2 aromatic carbocycles. The molecule has 0 saturated carbocycles. The highest BCUT2D eigenvalue weighted by molar-refractivity contribution is 5.28. The number of rotatable bonds is 8. The van der Waals surface area contributed by atoms with Gasteiger partial charge in [-0.15, -0.1) is 0 Å². The minimum Gasteiger partial charge on any atom is -0.396 e. The quantitative estimate of drug-likeness (QED) is 0.638. The molecule has 1 N–H and O–H groups in total. The normalized spacial score (nSPS) is 21.4. The first-order chi connectivity index (χ1) is 13.9. The standard InChI is InChI=1S/C24H30F3NO/c1-18(20-10-6-12-23(13-20)24(25,26)27)14-28-15-21(22(16-28)17-29)11-5-9-19-7-3-2-4-8-19/h2-4,6-8,10,12-13,18,21-22,29H,5,9,11,14-17H2,1H3/t18?,21-,22-/m1/s1. The van der Waals surface area contributed by atoms with Crippen LogP contribution in [0.1, 0.15) is 42.4 Å². The Labute approximate surface area is 171 Å². The van der Waals surface area contributed by atoms with Crippen molar-refractivity contribution in [1.82, 2.24) is 4.90 Å². The van der Waals surface area contributed by atoms with Crippen molar-refractivity contribution in [3.05, 3.63) is 71.3 Å². The van der Waals surface area contributed by atoms with Crippen LogP contribution in [0, 0.1) is 11.8 Å². The molecule has 29 heavy (non-hydrogen) atoms. The largest absolute Gasteiger partial charge is 0.416 e. The number of hydrogen-bond acceptors (Lipinski definition) is 2. The van der Waals surface area contributed by atoms with E-state index >= 15 is 0 Å². The van der Waals surface area contributed by atoms with Crippen molar-refractivity contribution in [3.8, 4) is 0 Å². The highest BCUT2D eigenvalue weighted by Crippen LogP contribution is 2.33. The minimum absolute atomic E-state index is 0.0136. The Bertz CT molecular complexity index is 762.